The molecule has 1 atom stereocenters. The Kier molecular flexibility index (Phi) is 2.87. The van der Waals surface area contributed by atoms with Crippen LogP contribution in [0.3, 0.4) is 0 Å². The molecule has 7 heavy (non-hydrogen) atoms. The van der Waals surface area contributed by atoms with Gasteiger partial charge in [0, 0.05) is 0 Å². The van der Waals surface area contributed by atoms with Crippen LogP contribution in [0, 0.1) is 0 Å². The van der Waals surface area contributed by atoms with Crippen LogP contribution >= 0.6 is 0 Å². The maximum absolute atomic E-state index is 9.86. The highest BCUT2D eigenvalue weighted by atomic mass is 32.2. The van der Waals surface area contributed by atoms with E-state index >= 15 is 0 Å². The van der Waals surface area contributed by atoms with Crippen LogP contribution in [0.1, 0.15) is 13.8 Å². The summed E-state index contributed by atoms with van der Waals surface area (Å²) >= 11 is -2.00. The van der Waals surface area contributed by atoms with Crippen LogP contribution in [0.25, 0.3) is 0 Å². The molecular weight excluding hydrogens is 112 g/mol. The summed E-state index contributed by atoms with van der Waals surface area (Å²) in [5, 5.41) is 0. The first-order valence-electron chi connectivity index (χ1n) is 1.90. The van der Waals surface area contributed by atoms with Gasteiger partial charge in [0.05, 0.1) is 0 Å². The molecular formula is C4H7O2S-. The van der Waals surface area contributed by atoms with Crippen molar-refractivity contribution in [3.8, 4) is 0 Å². The second-order valence-electron chi connectivity index (χ2n) is 1.13. The maximum atomic E-state index is 9.86. The highest BCUT2D eigenvalue weighted by Crippen LogP contribution is 1.93. The minimum Gasteiger partial charge on any atom is -0.769 e. The smallest absolute Gasteiger partial charge is 0.00497 e. The predicted molar refractivity (Wildman–Crippen MR) is 28.4 cm³/mol. The van der Waals surface area contributed by atoms with E-state index in [9.17, 15) is 8.76 Å². The molecule has 0 aliphatic carbocycles. The van der Waals surface area contributed by atoms with Crippen LogP contribution in [0.5, 0.6) is 0 Å². The van der Waals surface area contributed by atoms with Crippen LogP contribution in [-0.2, 0) is 11.1 Å². The van der Waals surface area contributed by atoms with Crippen molar-refractivity contribution in [1.82, 2.24) is 0 Å². The third-order valence-electron chi connectivity index (χ3n) is 0.669. The van der Waals surface area contributed by atoms with Crippen molar-refractivity contribution >= 4 is 11.1 Å². The normalized spacial score (nSPS) is 16.7. The maximum Gasteiger partial charge on any atom is -0.00497 e. The van der Waals surface area contributed by atoms with Crippen LogP contribution in [0.2, 0.25) is 0 Å². The lowest BCUT2D eigenvalue weighted by Gasteiger charge is -2.00. The van der Waals surface area contributed by atoms with E-state index in [-0.39, 0.29) is 0 Å². The molecule has 0 bridgehead atoms. The van der Waals surface area contributed by atoms with E-state index in [1.54, 1.807) is 19.9 Å². The Labute approximate surface area is 45.5 Å². The lowest BCUT2D eigenvalue weighted by molar-refractivity contribution is 0.543. The largest absolute Gasteiger partial charge is 0.769 e. The molecule has 0 aliphatic rings. The first-order valence-corrected chi connectivity index (χ1v) is 2.98. The van der Waals surface area contributed by atoms with Crippen molar-refractivity contribution in [2.75, 3.05) is 0 Å². The molecule has 0 radical (unpaired) electrons. The van der Waals surface area contributed by atoms with Gasteiger partial charge in [0.15, 0.2) is 0 Å². The summed E-state index contributed by atoms with van der Waals surface area (Å²) in [4.78, 5) is 0.389. The van der Waals surface area contributed by atoms with Gasteiger partial charge < -0.3 is 4.55 Å². The van der Waals surface area contributed by atoms with Crippen molar-refractivity contribution in [2.24, 2.45) is 0 Å². The minimum atomic E-state index is -2.00. The fraction of sp³-hybridized carbons (Fsp3) is 0.500. The predicted octanol–water partition coefficient (Wildman–Crippen LogP) is 0.789. The zero-order valence-corrected chi connectivity index (χ0v) is 5.12. The average molecular weight is 119 g/mol. The van der Waals surface area contributed by atoms with E-state index in [1.165, 1.54) is 0 Å². The van der Waals surface area contributed by atoms with E-state index < -0.39 is 11.1 Å². The molecule has 0 saturated heterocycles. The molecule has 0 fully saturated rings. The van der Waals surface area contributed by atoms with Crippen LogP contribution in [-0.4, -0.2) is 8.76 Å². The molecule has 0 aromatic heterocycles. The summed E-state index contributed by atoms with van der Waals surface area (Å²) in [5.41, 5.74) is 0. The van der Waals surface area contributed by atoms with Gasteiger partial charge in [-0.25, -0.2) is 0 Å². The summed E-state index contributed by atoms with van der Waals surface area (Å²) < 4.78 is 19.7. The van der Waals surface area contributed by atoms with Crippen LogP contribution < -0.4 is 0 Å². The Morgan fingerprint density at radius 2 is 2.29 bits per heavy atom. The number of rotatable bonds is 1. The molecule has 0 aromatic rings. The highest BCUT2D eigenvalue weighted by Gasteiger charge is 1.78. The van der Waals surface area contributed by atoms with Crippen LogP contribution in [0.4, 0.5) is 0 Å². The zero-order chi connectivity index (χ0) is 5.86. The summed E-state index contributed by atoms with van der Waals surface area (Å²) in [7, 11) is 0. The summed E-state index contributed by atoms with van der Waals surface area (Å²) in [6.45, 7) is 3.23. The topological polar surface area (TPSA) is 40.1 Å². The molecule has 2 nitrogen and oxygen atoms in total. The van der Waals surface area contributed by atoms with E-state index in [0.29, 0.717) is 4.91 Å². The quantitative estimate of drug-likeness (QED) is 0.479. The molecule has 42 valence electrons. The van der Waals surface area contributed by atoms with Crippen molar-refractivity contribution in [1.29, 1.82) is 0 Å². The second-order valence-corrected chi connectivity index (χ2v) is 2.25. The number of hydrogen-bond donors (Lipinski definition) is 0. The Balaban J connectivity index is 3.82. The first-order chi connectivity index (χ1) is 3.18. The molecule has 1 unspecified atom stereocenters. The van der Waals surface area contributed by atoms with Crippen molar-refractivity contribution in [3.05, 3.63) is 11.0 Å². The Bertz CT molecular complexity index is 106. The average Bonchev–Trinajstić information content (AvgIpc) is 1.65. The van der Waals surface area contributed by atoms with Gasteiger partial charge in [-0.15, -0.1) is 0 Å². The van der Waals surface area contributed by atoms with Gasteiger partial charge in [-0.2, -0.15) is 0 Å². The fourth-order valence-corrected chi connectivity index (χ4v) is 0.289. The lowest BCUT2D eigenvalue weighted by Crippen LogP contribution is -1.85. The van der Waals surface area contributed by atoms with Gasteiger partial charge in [-0.3, -0.25) is 4.21 Å². The molecule has 0 N–H and O–H groups in total. The van der Waals surface area contributed by atoms with Crippen molar-refractivity contribution in [2.45, 2.75) is 13.8 Å². The minimum absolute atomic E-state index is 0.389. The van der Waals surface area contributed by atoms with Gasteiger partial charge in [-0.05, 0) is 29.8 Å². The Morgan fingerprint density at radius 1 is 1.86 bits per heavy atom. The van der Waals surface area contributed by atoms with E-state index in [4.69, 9.17) is 0 Å². The van der Waals surface area contributed by atoms with Gasteiger partial charge in [0.25, 0.3) is 0 Å². The molecule has 0 amide bonds. The molecule has 0 aliphatic heterocycles. The molecule has 3 heteroatoms. The Hall–Kier alpha value is -0.150. The van der Waals surface area contributed by atoms with Gasteiger partial charge in [0.1, 0.15) is 0 Å². The summed E-state index contributed by atoms with van der Waals surface area (Å²) in [6, 6.07) is 0. The van der Waals surface area contributed by atoms with Gasteiger partial charge in [0.2, 0.25) is 0 Å². The fourth-order valence-electron chi connectivity index (χ4n) is 0.0962. The monoisotopic (exact) mass is 119 g/mol. The standard InChI is InChI=1S/C4H8O2S/c1-3-4(2)7(5)6/h3H,1-2H3,(H,5,6)/p-1/b4-3-. The third kappa shape index (κ3) is 2.53. The summed E-state index contributed by atoms with van der Waals surface area (Å²) in [6.07, 6.45) is 1.54. The van der Waals surface area contributed by atoms with Crippen molar-refractivity contribution in [3.63, 3.8) is 0 Å². The Morgan fingerprint density at radius 3 is 2.29 bits per heavy atom. The number of hydrogen-bond acceptors (Lipinski definition) is 2. The molecule has 0 aromatic carbocycles. The lowest BCUT2D eigenvalue weighted by atomic mass is 10.6. The molecule has 0 saturated carbocycles. The van der Waals surface area contributed by atoms with Gasteiger partial charge in [-0.1, -0.05) is 6.08 Å². The number of allylic oxidation sites excluding steroid dienone is 2. The third-order valence-corrected chi connectivity index (χ3v) is 1.43. The first kappa shape index (κ1) is 6.85. The summed E-state index contributed by atoms with van der Waals surface area (Å²) in [5.74, 6) is 0. The highest BCUT2D eigenvalue weighted by molar-refractivity contribution is 7.83. The molecule has 0 rings (SSSR count). The zero-order valence-electron chi connectivity index (χ0n) is 4.30. The second kappa shape index (κ2) is 2.93. The molecule has 0 heterocycles. The van der Waals surface area contributed by atoms with Gasteiger partial charge >= 0.3 is 0 Å². The van der Waals surface area contributed by atoms with E-state index in [2.05, 4.69) is 0 Å². The van der Waals surface area contributed by atoms with Crippen LogP contribution in [0.15, 0.2) is 11.0 Å². The van der Waals surface area contributed by atoms with E-state index in [0.717, 1.165) is 0 Å². The SMILES string of the molecule is C/C=C(/C)S(=O)[O-]. The van der Waals surface area contributed by atoms with E-state index in [1.807, 2.05) is 0 Å². The van der Waals surface area contributed by atoms with Crippen molar-refractivity contribution < 1.29 is 8.76 Å². The molecule has 0 spiro atoms.